The SMILES string of the molecule is COc1cc2c(cc1NC(=O)CSc1nnc(-c3cccnc3)n1C1CCCCC1C)oc1ccccc12. The van der Waals surface area contributed by atoms with Gasteiger partial charge in [0.25, 0.3) is 0 Å². The summed E-state index contributed by atoms with van der Waals surface area (Å²) in [7, 11) is 1.60. The van der Waals surface area contributed by atoms with E-state index in [1.165, 1.54) is 31.0 Å². The summed E-state index contributed by atoms with van der Waals surface area (Å²) in [4.78, 5) is 17.4. The molecule has 6 rings (SSSR count). The van der Waals surface area contributed by atoms with Crippen LogP contribution < -0.4 is 10.1 Å². The van der Waals surface area contributed by atoms with E-state index in [9.17, 15) is 4.79 Å². The Balaban J connectivity index is 1.25. The maximum absolute atomic E-state index is 13.1. The Kier molecular flexibility index (Phi) is 6.76. The summed E-state index contributed by atoms with van der Waals surface area (Å²) in [6.07, 6.45) is 8.23. The molecule has 2 aromatic carbocycles. The first kappa shape index (κ1) is 24.5. The topological polar surface area (TPSA) is 95.1 Å². The normalized spacial score (nSPS) is 17.6. The molecule has 0 aliphatic heterocycles. The summed E-state index contributed by atoms with van der Waals surface area (Å²) in [5.74, 6) is 1.92. The fourth-order valence-electron chi connectivity index (χ4n) is 5.38. The summed E-state index contributed by atoms with van der Waals surface area (Å²) in [5, 5.41) is 14.7. The first-order valence-electron chi connectivity index (χ1n) is 12.9. The van der Waals surface area contributed by atoms with Gasteiger partial charge in [0.05, 0.1) is 18.6 Å². The van der Waals surface area contributed by atoms with Crippen LogP contribution in [-0.2, 0) is 4.79 Å². The third-order valence-electron chi connectivity index (χ3n) is 7.29. The third-order valence-corrected chi connectivity index (χ3v) is 8.23. The number of benzene rings is 2. The van der Waals surface area contributed by atoms with E-state index in [1.54, 1.807) is 13.3 Å². The minimum Gasteiger partial charge on any atom is -0.495 e. The molecular formula is C29H29N5O3S. The molecule has 0 spiro atoms. The number of carbonyl (C=O) groups excluding carboxylic acids is 1. The Bertz CT molecular complexity index is 1600. The molecule has 3 aromatic heterocycles. The molecule has 38 heavy (non-hydrogen) atoms. The van der Waals surface area contributed by atoms with E-state index in [2.05, 4.69) is 32.0 Å². The van der Waals surface area contributed by atoms with E-state index in [0.29, 0.717) is 22.9 Å². The number of nitrogens with zero attached hydrogens (tertiary/aromatic N) is 4. The van der Waals surface area contributed by atoms with Crippen LogP contribution in [-0.4, -0.2) is 38.5 Å². The number of anilines is 1. The smallest absolute Gasteiger partial charge is 0.234 e. The third kappa shape index (κ3) is 4.62. The average Bonchev–Trinajstić information content (AvgIpc) is 3.53. The van der Waals surface area contributed by atoms with E-state index in [-0.39, 0.29) is 17.7 Å². The van der Waals surface area contributed by atoms with Gasteiger partial charge in [0.15, 0.2) is 11.0 Å². The molecule has 8 nitrogen and oxygen atoms in total. The van der Waals surface area contributed by atoms with Gasteiger partial charge in [-0.25, -0.2) is 0 Å². The van der Waals surface area contributed by atoms with Crippen molar-refractivity contribution in [2.75, 3.05) is 18.2 Å². The van der Waals surface area contributed by atoms with Gasteiger partial charge >= 0.3 is 0 Å². The largest absolute Gasteiger partial charge is 0.495 e. The standard InChI is InChI=1S/C29H29N5O3S/c1-18-8-3-5-11-23(18)34-28(19-9-7-13-30-16-19)32-33-29(34)38-17-27(35)31-22-15-25-21(14-26(22)36-2)20-10-4-6-12-24(20)37-25/h4,6-7,9-10,12-16,18,23H,3,5,8,11,17H2,1-2H3,(H,31,35). The lowest BCUT2D eigenvalue weighted by atomic mass is 9.85. The molecule has 1 amide bonds. The first-order valence-corrected chi connectivity index (χ1v) is 13.9. The number of hydrogen-bond acceptors (Lipinski definition) is 7. The summed E-state index contributed by atoms with van der Waals surface area (Å²) >= 11 is 1.40. The molecule has 0 bridgehead atoms. The lowest BCUT2D eigenvalue weighted by Crippen LogP contribution is -2.23. The lowest BCUT2D eigenvalue weighted by molar-refractivity contribution is -0.113. The molecule has 1 saturated carbocycles. The Morgan fingerprint density at radius 1 is 1.11 bits per heavy atom. The highest BCUT2D eigenvalue weighted by Gasteiger charge is 2.29. The number of furan rings is 1. The number of ether oxygens (including phenoxy) is 1. The number of para-hydroxylation sites is 1. The average molecular weight is 528 g/mol. The first-order chi connectivity index (χ1) is 18.6. The Morgan fingerprint density at radius 2 is 1.97 bits per heavy atom. The summed E-state index contributed by atoms with van der Waals surface area (Å²) in [5.41, 5.74) is 2.99. The van der Waals surface area contributed by atoms with Crippen molar-refractivity contribution < 1.29 is 13.9 Å². The van der Waals surface area contributed by atoms with Crippen molar-refractivity contribution in [3.63, 3.8) is 0 Å². The summed E-state index contributed by atoms with van der Waals surface area (Å²) < 4.78 is 13.8. The molecule has 2 atom stereocenters. The molecule has 1 N–H and O–H groups in total. The van der Waals surface area contributed by atoms with Crippen LogP contribution in [0.4, 0.5) is 5.69 Å². The van der Waals surface area contributed by atoms with Crippen molar-refractivity contribution >= 4 is 45.3 Å². The molecule has 1 aliphatic rings. The van der Waals surface area contributed by atoms with Gasteiger partial charge in [-0.05, 0) is 43.0 Å². The van der Waals surface area contributed by atoms with Gasteiger partial charge < -0.3 is 14.5 Å². The van der Waals surface area contributed by atoms with Crippen molar-refractivity contribution in [1.82, 2.24) is 19.7 Å². The lowest BCUT2D eigenvalue weighted by Gasteiger charge is -2.31. The zero-order chi connectivity index (χ0) is 26.1. The second kappa shape index (κ2) is 10.5. The van der Waals surface area contributed by atoms with Crippen LogP contribution in [0.2, 0.25) is 0 Å². The molecule has 194 valence electrons. The predicted octanol–water partition coefficient (Wildman–Crippen LogP) is 6.73. The molecule has 1 aliphatic carbocycles. The van der Waals surface area contributed by atoms with Gasteiger partial charge in [0.1, 0.15) is 16.9 Å². The Morgan fingerprint density at radius 3 is 2.79 bits per heavy atom. The van der Waals surface area contributed by atoms with Gasteiger partial charge in [0.2, 0.25) is 5.91 Å². The van der Waals surface area contributed by atoms with Crippen LogP contribution in [0.1, 0.15) is 38.6 Å². The second-order valence-electron chi connectivity index (χ2n) is 9.73. The maximum Gasteiger partial charge on any atom is 0.234 e. The zero-order valence-electron chi connectivity index (χ0n) is 21.4. The van der Waals surface area contributed by atoms with Crippen molar-refractivity contribution in [2.45, 2.75) is 43.8 Å². The highest BCUT2D eigenvalue weighted by molar-refractivity contribution is 7.99. The molecule has 1 fully saturated rings. The fraction of sp³-hybridized carbons (Fsp3) is 0.310. The van der Waals surface area contributed by atoms with Crippen molar-refractivity contribution in [2.24, 2.45) is 5.92 Å². The minimum atomic E-state index is -0.155. The van der Waals surface area contributed by atoms with Crippen LogP contribution in [0.25, 0.3) is 33.3 Å². The van der Waals surface area contributed by atoms with Crippen LogP contribution in [0.5, 0.6) is 5.75 Å². The summed E-state index contributed by atoms with van der Waals surface area (Å²) in [6.45, 7) is 2.29. The number of thioether (sulfide) groups is 1. The second-order valence-corrected chi connectivity index (χ2v) is 10.7. The summed E-state index contributed by atoms with van der Waals surface area (Å²) in [6, 6.07) is 15.8. The van der Waals surface area contributed by atoms with Gasteiger partial charge in [-0.15, -0.1) is 10.2 Å². The number of carbonyl (C=O) groups is 1. The molecule has 3 heterocycles. The molecular weight excluding hydrogens is 498 g/mol. The van der Waals surface area contributed by atoms with Gasteiger partial charge in [-0.2, -0.15) is 0 Å². The van der Waals surface area contributed by atoms with Gasteiger partial charge in [0, 0.05) is 40.8 Å². The minimum absolute atomic E-state index is 0.155. The van der Waals surface area contributed by atoms with Crippen LogP contribution in [0, 0.1) is 5.92 Å². The molecule has 0 saturated heterocycles. The van der Waals surface area contributed by atoms with E-state index >= 15 is 0 Å². The van der Waals surface area contributed by atoms with Crippen LogP contribution in [0.3, 0.4) is 0 Å². The van der Waals surface area contributed by atoms with Crippen molar-refractivity contribution in [3.05, 3.63) is 60.9 Å². The van der Waals surface area contributed by atoms with Gasteiger partial charge in [-0.3, -0.25) is 14.3 Å². The number of nitrogens with one attached hydrogen (secondary N) is 1. The number of fused-ring (bicyclic) bond motifs is 3. The number of methoxy groups -OCH3 is 1. The van der Waals surface area contributed by atoms with Crippen LogP contribution in [0.15, 0.2) is 70.5 Å². The maximum atomic E-state index is 13.1. The predicted molar refractivity (Wildman–Crippen MR) is 150 cm³/mol. The number of amides is 1. The van der Waals surface area contributed by atoms with E-state index in [4.69, 9.17) is 9.15 Å². The monoisotopic (exact) mass is 527 g/mol. The molecule has 5 aromatic rings. The zero-order valence-corrected chi connectivity index (χ0v) is 22.2. The highest BCUT2D eigenvalue weighted by atomic mass is 32.2. The quantitative estimate of drug-likeness (QED) is 0.234. The van der Waals surface area contributed by atoms with E-state index < -0.39 is 0 Å². The number of pyridine rings is 1. The van der Waals surface area contributed by atoms with Gasteiger partial charge in [-0.1, -0.05) is 49.7 Å². The van der Waals surface area contributed by atoms with E-state index in [1.807, 2.05) is 54.7 Å². The highest BCUT2D eigenvalue weighted by Crippen LogP contribution is 2.39. The molecule has 0 radical (unpaired) electrons. The molecule has 2 unspecified atom stereocenters. The molecule has 9 heteroatoms. The van der Waals surface area contributed by atoms with Crippen molar-refractivity contribution in [3.8, 4) is 17.1 Å². The van der Waals surface area contributed by atoms with Crippen LogP contribution >= 0.6 is 11.8 Å². The Hall–Kier alpha value is -3.85. The fourth-order valence-corrected chi connectivity index (χ4v) is 6.17. The Labute approximate surface area is 224 Å². The van der Waals surface area contributed by atoms with Crippen molar-refractivity contribution in [1.29, 1.82) is 0 Å². The number of hydrogen-bond donors (Lipinski definition) is 1. The number of rotatable bonds is 7. The van der Waals surface area contributed by atoms with E-state index in [0.717, 1.165) is 39.3 Å². The number of aromatic nitrogens is 4.